The van der Waals surface area contributed by atoms with Crippen LogP contribution in [0.1, 0.15) is 79.7 Å². The van der Waals surface area contributed by atoms with Crippen molar-refractivity contribution in [1.29, 1.82) is 5.26 Å². The van der Waals surface area contributed by atoms with Crippen molar-refractivity contribution in [3.05, 3.63) is 83.2 Å². The first-order valence-electron chi connectivity index (χ1n) is 20.5. The van der Waals surface area contributed by atoms with Gasteiger partial charge in [-0.05, 0) is 79.8 Å². The molecule has 1 atom stereocenters. The van der Waals surface area contributed by atoms with Crippen LogP contribution in [-0.4, -0.2) is 99.6 Å². The summed E-state index contributed by atoms with van der Waals surface area (Å²) in [6, 6.07) is 18.8. The van der Waals surface area contributed by atoms with E-state index in [1.165, 1.54) is 19.2 Å². The van der Waals surface area contributed by atoms with Crippen LogP contribution >= 0.6 is 0 Å². The third-order valence-corrected chi connectivity index (χ3v) is 12.8. The van der Waals surface area contributed by atoms with Crippen molar-refractivity contribution < 1.29 is 33.0 Å². The van der Waals surface area contributed by atoms with Crippen molar-refractivity contribution in [2.75, 3.05) is 62.7 Å². The number of carbonyl (C=O) groups excluding carboxylic acids is 4. The van der Waals surface area contributed by atoms with Crippen LogP contribution in [0.15, 0.2) is 60.7 Å². The zero-order valence-corrected chi connectivity index (χ0v) is 34.5. The second kappa shape index (κ2) is 16.9. The van der Waals surface area contributed by atoms with E-state index in [-0.39, 0.29) is 53.2 Å². The predicted molar refractivity (Wildman–Crippen MR) is 221 cm³/mol. The lowest BCUT2D eigenvalue weighted by atomic mass is 9.49. The topological polar surface area (TPSA) is 156 Å². The maximum absolute atomic E-state index is 15.1. The number of benzene rings is 3. The van der Waals surface area contributed by atoms with Crippen LogP contribution in [-0.2, 0) is 9.59 Å². The van der Waals surface area contributed by atoms with E-state index < -0.39 is 23.7 Å². The molecule has 312 valence electrons. The average Bonchev–Trinajstić information content (AvgIpc) is 3.23. The summed E-state index contributed by atoms with van der Waals surface area (Å²) in [5, 5.41) is 17.4. The number of nitriles is 1. The number of halogens is 1. The lowest BCUT2D eigenvalue weighted by Crippen LogP contribution is -2.74. The molecule has 4 fully saturated rings. The number of amides is 4. The molecular weight excluding hydrogens is 754 g/mol. The van der Waals surface area contributed by atoms with E-state index in [1.54, 1.807) is 24.3 Å². The van der Waals surface area contributed by atoms with E-state index in [0.29, 0.717) is 34.2 Å². The molecule has 3 heterocycles. The minimum Gasteiger partial charge on any atom is -0.495 e. The van der Waals surface area contributed by atoms with Gasteiger partial charge in [0.05, 0.1) is 18.2 Å². The fourth-order valence-electron chi connectivity index (χ4n) is 9.69. The maximum Gasteiger partial charge on any atom is 0.254 e. The molecule has 7 rings (SSSR count). The molecule has 3 aliphatic heterocycles. The first-order valence-corrected chi connectivity index (χ1v) is 20.5. The van der Waals surface area contributed by atoms with Gasteiger partial charge in [-0.1, -0.05) is 27.7 Å². The number of nitrogens with zero attached hydrogens (tertiary/aromatic N) is 4. The molecule has 1 saturated carbocycles. The number of anilines is 2. The summed E-state index contributed by atoms with van der Waals surface area (Å²) < 4.78 is 26.9. The molecular formula is C45H54FN7O6. The van der Waals surface area contributed by atoms with Crippen LogP contribution in [0.5, 0.6) is 11.5 Å². The molecule has 3 saturated heterocycles. The highest BCUT2D eigenvalue weighted by Crippen LogP contribution is 2.55. The predicted octanol–water partition coefficient (Wildman–Crippen LogP) is 4.89. The number of hydrogen-bond donors (Lipinski definition) is 3. The van der Waals surface area contributed by atoms with E-state index in [0.717, 1.165) is 64.3 Å². The van der Waals surface area contributed by atoms with Gasteiger partial charge in [-0.15, -0.1) is 0 Å². The van der Waals surface area contributed by atoms with Crippen LogP contribution in [0.2, 0.25) is 0 Å². The highest BCUT2D eigenvalue weighted by molar-refractivity contribution is 6.04. The summed E-state index contributed by atoms with van der Waals surface area (Å²) >= 11 is 0. The smallest absolute Gasteiger partial charge is 0.254 e. The number of carbonyl (C=O) groups is 4. The first-order chi connectivity index (χ1) is 28.2. The van der Waals surface area contributed by atoms with Crippen molar-refractivity contribution in [3.8, 4) is 17.6 Å². The molecule has 59 heavy (non-hydrogen) atoms. The van der Waals surface area contributed by atoms with Crippen LogP contribution in [0, 0.1) is 33.9 Å². The van der Waals surface area contributed by atoms with E-state index >= 15 is 4.39 Å². The zero-order valence-electron chi connectivity index (χ0n) is 34.5. The molecule has 0 radical (unpaired) electrons. The second-order valence-electron chi connectivity index (χ2n) is 17.4. The number of ether oxygens (including phenoxy) is 2. The SMILES string of the molecule is COc1cc(O[C@H]2C(C)(C)[C@H](NC(=O)c3ccc(N4CCC(CN5CCN(c6ccc(C(=O)N[C@@H]7CCC(=O)NC7=O)c(F)c6)CC5)CC4)cc3)C2(C)C)ccc1C#N. The molecule has 13 nitrogen and oxygen atoms in total. The monoisotopic (exact) mass is 807 g/mol. The third kappa shape index (κ3) is 8.71. The Bertz CT molecular complexity index is 2100. The zero-order chi connectivity index (χ0) is 42.1. The molecule has 4 aliphatic rings. The maximum atomic E-state index is 15.1. The molecule has 4 amide bonds. The number of hydrogen-bond acceptors (Lipinski definition) is 10. The summed E-state index contributed by atoms with van der Waals surface area (Å²) in [6.45, 7) is 14.5. The normalized spacial score (nSPS) is 23.0. The Kier molecular flexibility index (Phi) is 11.9. The van der Waals surface area contributed by atoms with Gasteiger partial charge >= 0.3 is 0 Å². The Morgan fingerprint density at radius 2 is 1.51 bits per heavy atom. The van der Waals surface area contributed by atoms with Crippen LogP contribution in [0.25, 0.3) is 0 Å². The highest BCUT2D eigenvalue weighted by atomic mass is 19.1. The Morgan fingerprint density at radius 3 is 2.14 bits per heavy atom. The van der Waals surface area contributed by atoms with E-state index in [4.69, 9.17) is 9.47 Å². The van der Waals surface area contributed by atoms with Crippen molar-refractivity contribution in [2.45, 2.75) is 71.6 Å². The Morgan fingerprint density at radius 1 is 0.847 bits per heavy atom. The summed E-state index contributed by atoms with van der Waals surface area (Å²) in [7, 11) is 1.53. The van der Waals surface area contributed by atoms with Gasteiger partial charge < -0.3 is 29.9 Å². The summed E-state index contributed by atoms with van der Waals surface area (Å²) in [5.74, 6) is -0.738. The fourth-order valence-corrected chi connectivity index (χ4v) is 9.69. The molecule has 3 aromatic carbocycles. The molecule has 14 heteroatoms. The molecule has 0 spiro atoms. The number of rotatable bonds is 11. The fraction of sp³-hybridized carbons (Fsp3) is 0.489. The standard InChI is InChI=1S/C45H54FN7O6/c1-44(2)42(45(3,4)43(44)59-33-12-8-30(26-47)37(25-33)58-5)50-39(55)29-6-9-31(10-7-29)52-18-16-28(17-19-52)27-51-20-22-53(23-21-51)32-11-13-34(35(46)24-32)40(56)48-36-14-15-38(54)49-41(36)57/h6-13,24-25,28,36,42-43H,14-23,27H2,1-5H3,(H,48,56)(H,50,55)(H,49,54,57)/t36-,42-,43-/m1/s1. The Hall–Kier alpha value is -5.68. The van der Waals surface area contributed by atoms with Gasteiger partial charge in [0.1, 0.15) is 35.5 Å². The highest BCUT2D eigenvalue weighted by Gasteiger charge is 2.64. The Labute approximate surface area is 345 Å². The van der Waals surface area contributed by atoms with Gasteiger partial charge in [0.15, 0.2) is 0 Å². The third-order valence-electron chi connectivity index (χ3n) is 12.8. The first kappa shape index (κ1) is 41.5. The van der Waals surface area contributed by atoms with E-state index in [9.17, 15) is 24.4 Å². The Balaban J connectivity index is 0.844. The number of methoxy groups -OCH3 is 1. The molecule has 3 N–H and O–H groups in total. The molecule has 0 aromatic heterocycles. The lowest BCUT2D eigenvalue weighted by Gasteiger charge is -2.63. The largest absolute Gasteiger partial charge is 0.495 e. The van der Waals surface area contributed by atoms with Crippen LogP contribution in [0.3, 0.4) is 0 Å². The summed E-state index contributed by atoms with van der Waals surface area (Å²) in [5.41, 5.74) is 2.04. The van der Waals surface area contributed by atoms with Gasteiger partial charge in [0.2, 0.25) is 11.8 Å². The number of nitrogens with one attached hydrogen (secondary N) is 3. The van der Waals surface area contributed by atoms with E-state index in [1.807, 2.05) is 24.3 Å². The van der Waals surface area contributed by atoms with Crippen molar-refractivity contribution in [2.24, 2.45) is 16.7 Å². The number of imide groups is 1. The van der Waals surface area contributed by atoms with Gasteiger partial charge in [0, 0.05) is 92.1 Å². The molecule has 0 unspecified atom stereocenters. The summed E-state index contributed by atoms with van der Waals surface area (Å²) in [4.78, 5) is 56.6. The van der Waals surface area contributed by atoms with Gasteiger partial charge in [-0.3, -0.25) is 29.4 Å². The quantitative estimate of drug-likeness (QED) is 0.228. The van der Waals surface area contributed by atoms with Crippen molar-refractivity contribution >= 4 is 35.0 Å². The molecule has 0 bridgehead atoms. The summed E-state index contributed by atoms with van der Waals surface area (Å²) in [6.07, 6.45) is 2.27. The minimum absolute atomic E-state index is 0.114. The average molecular weight is 808 g/mol. The minimum atomic E-state index is -0.864. The van der Waals surface area contributed by atoms with Crippen molar-refractivity contribution in [3.63, 3.8) is 0 Å². The lowest BCUT2D eigenvalue weighted by molar-refractivity contribution is -0.164. The molecule has 3 aromatic rings. The van der Waals surface area contributed by atoms with Gasteiger partial charge in [-0.2, -0.15) is 5.26 Å². The number of piperazine rings is 1. The van der Waals surface area contributed by atoms with Crippen molar-refractivity contribution in [1.82, 2.24) is 20.9 Å². The second-order valence-corrected chi connectivity index (χ2v) is 17.4. The van der Waals surface area contributed by atoms with Gasteiger partial charge in [0.25, 0.3) is 11.8 Å². The number of piperidine rings is 2. The van der Waals surface area contributed by atoms with Gasteiger partial charge in [-0.25, -0.2) is 4.39 Å². The molecule has 1 aliphatic carbocycles. The van der Waals surface area contributed by atoms with Crippen LogP contribution in [0.4, 0.5) is 15.8 Å². The van der Waals surface area contributed by atoms with E-state index in [2.05, 4.69) is 64.4 Å². The van der Waals surface area contributed by atoms with Crippen LogP contribution < -0.4 is 35.2 Å².